The molecule has 2 unspecified atom stereocenters. The summed E-state index contributed by atoms with van der Waals surface area (Å²) >= 11 is 3.39. The number of ether oxygens (including phenoxy) is 1. The lowest BCUT2D eigenvalue weighted by Crippen LogP contribution is -2.53. The summed E-state index contributed by atoms with van der Waals surface area (Å²) in [5.74, 6) is -1.97. The third-order valence-corrected chi connectivity index (χ3v) is 5.98. The Hall–Kier alpha value is -2.13. The van der Waals surface area contributed by atoms with Crippen molar-refractivity contribution < 1.29 is 29.3 Å². The standard InChI is InChI=1S/C19H27BrN2O2.C2H2O4/c1-15-3-2-4-17(13-15)21-9-11-22(12-10-21)19(23)14-24-18-7-5-16(20)6-8-18;3-1(4)2(5)6/h5-8,15,17H,2-4,9-14H2,1H3;(H,3,4)(H,5,6). The van der Waals surface area contributed by atoms with Gasteiger partial charge >= 0.3 is 11.9 Å². The van der Waals surface area contributed by atoms with Crippen LogP contribution in [0, 0.1) is 5.92 Å². The Balaban J connectivity index is 0.000000469. The fourth-order valence-corrected chi connectivity index (χ4v) is 4.10. The third kappa shape index (κ3) is 7.95. The highest BCUT2D eigenvalue weighted by Gasteiger charge is 2.28. The van der Waals surface area contributed by atoms with E-state index in [4.69, 9.17) is 24.5 Å². The minimum atomic E-state index is -1.82. The molecule has 3 rings (SSSR count). The van der Waals surface area contributed by atoms with Crippen molar-refractivity contribution in [2.24, 2.45) is 5.92 Å². The van der Waals surface area contributed by atoms with Crippen LogP contribution in [0.15, 0.2) is 28.7 Å². The number of halogens is 1. The lowest BCUT2D eigenvalue weighted by molar-refractivity contribution is -0.159. The van der Waals surface area contributed by atoms with E-state index in [0.717, 1.165) is 48.4 Å². The molecule has 1 aliphatic heterocycles. The number of carbonyl (C=O) groups excluding carboxylic acids is 1. The van der Waals surface area contributed by atoms with Gasteiger partial charge in [0.25, 0.3) is 5.91 Å². The summed E-state index contributed by atoms with van der Waals surface area (Å²) < 4.78 is 6.62. The molecular formula is C21H29BrN2O6. The Morgan fingerprint density at radius 3 is 2.17 bits per heavy atom. The van der Waals surface area contributed by atoms with Crippen LogP contribution in [0.3, 0.4) is 0 Å². The molecule has 1 aliphatic carbocycles. The maximum atomic E-state index is 12.3. The second-order valence-electron chi connectivity index (χ2n) is 7.70. The molecule has 1 heterocycles. The first-order chi connectivity index (χ1) is 14.3. The van der Waals surface area contributed by atoms with Gasteiger partial charge in [-0.05, 0) is 43.0 Å². The van der Waals surface area contributed by atoms with Gasteiger partial charge in [-0.3, -0.25) is 9.69 Å². The van der Waals surface area contributed by atoms with Crippen LogP contribution in [-0.2, 0) is 14.4 Å². The van der Waals surface area contributed by atoms with E-state index in [0.29, 0.717) is 0 Å². The number of nitrogens with zero attached hydrogens (tertiary/aromatic N) is 2. The number of benzene rings is 1. The molecule has 1 aromatic rings. The maximum Gasteiger partial charge on any atom is 0.414 e. The summed E-state index contributed by atoms with van der Waals surface area (Å²) in [5, 5.41) is 14.8. The Kier molecular flexibility index (Phi) is 9.58. The fraction of sp³-hybridized carbons (Fsp3) is 0.571. The number of hydrogen-bond acceptors (Lipinski definition) is 5. The van der Waals surface area contributed by atoms with Crippen LogP contribution >= 0.6 is 15.9 Å². The molecule has 0 bridgehead atoms. The van der Waals surface area contributed by atoms with Crippen LogP contribution in [-0.4, -0.2) is 76.7 Å². The molecule has 2 fully saturated rings. The number of carboxylic acid groups (broad SMARTS) is 2. The van der Waals surface area contributed by atoms with Crippen molar-refractivity contribution >= 4 is 33.8 Å². The third-order valence-electron chi connectivity index (χ3n) is 5.45. The lowest BCUT2D eigenvalue weighted by atomic mass is 9.86. The first-order valence-corrected chi connectivity index (χ1v) is 10.9. The highest BCUT2D eigenvalue weighted by atomic mass is 79.9. The molecule has 2 N–H and O–H groups in total. The average molecular weight is 485 g/mol. The van der Waals surface area contributed by atoms with Gasteiger partial charge in [0.1, 0.15) is 5.75 Å². The van der Waals surface area contributed by atoms with Crippen LogP contribution in [0.2, 0.25) is 0 Å². The van der Waals surface area contributed by atoms with E-state index in [1.807, 2.05) is 29.2 Å². The molecule has 166 valence electrons. The Bertz CT molecular complexity index is 707. The second-order valence-corrected chi connectivity index (χ2v) is 8.61. The quantitative estimate of drug-likeness (QED) is 0.632. The molecule has 1 saturated carbocycles. The number of aliphatic carboxylic acids is 2. The lowest BCUT2D eigenvalue weighted by Gasteiger charge is -2.42. The van der Waals surface area contributed by atoms with Gasteiger partial charge in [0.2, 0.25) is 0 Å². The van der Waals surface area contributed by atoms with Gasteiger partial charge in [0, 0.05) is 36.7 Å². The van der Waals surface area contributed by atoms with Crippen LogP contribution in [0.5, 0.6) is 5.75 Å². The van der Waals surface area contributed by atoms with E-state index in [1.165, 1.54) is 25.7 Å². The smallest absolute Gasteiger partial charge is 0.414 e. The van der Waals surface area contributed by atoms with Crippen molar-refractivity contribution in [1.82, 2.24) is 9.80 Å². The molecule has 0 radical (unpaired) electrons. The summed E-state index contributed by atoms with van der Waals surface area (Å²) in [6.45, 7) is 6.15. The molecule has 30 heavy (non-hydrogen) atoms. The molecule has 9 heteroatoms. The molecule has 2 aliphatic rings. The normalized spacial score (nSPS) is 21.9. The van der Waals surface area contributed by atoms with E-state index in [-0.39, 0.29) is 12.5 Å². The first kappa shape index (κ1) is 24.1. The number of piperazine rings is 1. The van der Waals surface area contributed by atoms with Gasteiger partial charge < -0.3 is 19.8 Å². The summed E-state index contributed by atoms with van der Waals surface area (Å²) in [6.07, 6.45) is 5.37. The van der Waals surface area contributed by atoms with Gasteiger partial charge in [0.05, 0.1) is 0 Å². The second kappa shape index (κ2) is 11.9. The van der Waals surface area contributed by atoms with Crippen LogP contribution in [0.25, 0.3) is 0 Å². The van der Waals surface area contributed by atoms with Crippen molar-refractivity contribution in [2.75, 3.05) is 32.8 Å². The zero-order chi connectivity index (χ0) is 22.1. The van der Waals surface area contributed by atoms with Crippen LogP contribution in [0.1, 0.15) is 32.6 Å². The molecule has 1 saturated heterocycles. The summed E-state index contributed by atoms with van der Waals surface area (Å²) in [7, 11) is 0. The summed E-state index contributed by atoms with van der Waals surface area (Å²) in [4.78, 5) is 35.1. The minimum absolute atomic E-state index is 0.0922. The van der Waals surface area contributed by atoms with Gasteiger partial charge in [0.15, 0.2) is 6.61 Å². The highest BCUT2D eigenvalue weighted by molar-refractivity contribution is 9.10. The van der Waals surface area contributed by atoms with Crippen molar-refractivity contribution in [3.8, 4) is 5.75 Å². The van der Waals surface area contributed by atoms with Gasteiger partial charge in [-0.2, -0.15) is 0 Å². The summed E-state index contributed by atoms with van der Waals surface area (Å²) in [6, 6.07) is 8.32. The SMILES string of the molecule is CC1CCCC(N2CCN(C(=O)COc3ccc(Br)cc3)CC2)C1.O=C(O)C(=O)O. The average Bonchev–Trinajstić information content (AvgIpc) is 2.73. The Labute approximate surface area is 184 Å². The van der Waals surface area contributed by atoms with Crippen molar-refractivity contribution in [3.05, 3.63) is 28.7 Å². The molecule has 8 nitrogen and oxygen atoms in total. The fourth-order valence-electron chi connectivity index (χ4n) is 3.84. The zero-order valence-corrected chi connectivity index (χ0v) is 18.7. The molecular weight excluding hydrogens is 456 g/mol. The maximum absolute atomic E-state index is 12.3. The largest absolute Gasteiger partial charge is 0.484 e. The monoisotopic (exact) mass is 484 g/mol. The molecule has 0 aromatic heterocycles. The molecule has 1 aromatic carbocycles. The van der Waals surface area contributed by atoms with E-state index in [2.05, 4.69) is 27.8 Å². The van der Waals surface area contributed by atoms with E-state index in [1.54, 1.807) is 0 Å². The topological polar surface area (TPSA) is 107 Å². The molecule has 1 amide bonds. The highest BCUT2D eigenvalue weighted by Crippen LogP contribution is 2.28. The van der Waals surface area contributed by atoms with Crippen molar-refractivity contribution in [1.29, 1.82) is 0 Å². The predicted octanol–water partition coefficient (Wildman–Crippen LogP) is 2.71. The molecule has 2 atom stereocenters. The Morgan fingerprint density at radius 1 is 1.03 bits per heavy atom. The summed E-state index contributed by atoms with van der Waals surface area (Å²) in [5.41, 5.74) is 0. The zero-order valence-electron chi connectivity index (χ0n) is 17.1. The number of rotatable bonds is 4. The van der Waals surface area contributed by atoms with E-state index in [9.17, 15) is 4.79 Å². The van der Waals surface area contributed by atoms with Crippen LogP contribution < -0.4 is 4.74 Å². The molecule has 0 spiro atoms. The number of amides is 1. The van der Waals surface area contributed by atoms with E-state index >= 15 is 0 Å². The van der Waals surface area contributed by atoms with Crippen molar-refractivity contribution in [2.45, 2.75) is 38.6 Å². The van der Waals surface area contributed by atoms with Gasteiger partial charge in [-0.25, -0.2) is 9.59 Å². The van der Waals surface area contributed by atoms with Crippen LogP contribution in [0.4, 0.5) is 0 Å². The number of hydrogen-bond donors (Lipinski definition) is 2. The first-order valence-electron chi connectivity index (χ1n) is 10.1. The predicted molar refractivity (Wildman–Crippen MR) is 114 cm³/mol. The number of carboxylic acids is 2. The van der Waals surface area contributed by atoms with E-state index < -0.39 is 11.9 Å². The Morgan fingerprint density at radius 2 is 1.63 bits per heavy atom. The number of carbonyl (C=O) groups is 3. The van der Waals surface area contributed by atoms with Gasteiger partial charge in [-0.1, -0.05) is 35.7 Å². The minimum Gasteiger partial charge on any atom is -0.484 e. The van der Waals surface area contributed by atoms with Crippen molar-refractivity contribution in [3.63, 3.8) is 0 Å². The van der Waals surface area contributed by atoms with Gasteiger partial charge in [-0.15, -0.1) is 0 Å².